The number of aromatic nitrogens is 1. The van der Waals surface area contributed by atoms with Gasteiger partial charge in [0.05, 0.1) is 0 Å². The van der Waals surface area contributed by atoms with Crippen LogP contribution in [0.3, 0.4) is 0 Å². The van der Waals surface area contributed by atoms with Gasteiger partial charge in [0.15, 0.2) is 0 Å². The highest BCUT2D eigenvalue weighted by atomic mass is 16.2. The molecule has 0 aliphatic heterocycles. The van der Waals surface area contributed by atoms with Crippen molar-refractivity contribution in [3.8, 4) is 0 Å². The van der Waals surface area contributed by atoms with Crippen molar-refractivity contribution in [2.45, 2.75) is 39.7 Å². The van der Waals surface area contributed by atoms with Crippen molar-refractivity contribution in [2.75, 3.05) is 6.54 Å². The number of carbonyl (C=O) groups excluding carboxylic acids is 2. The molecule has 1 aromatic heterocycles. The van der Waals surface area contributed by atoms with Gasteiger partial charge in [-0.3, -0.25) is 14.6 Å². The molecule has 1 heterocycles. The summed E-state index contributed by atoms with van der Waals surface area (Å²) < 4.78 is 0. The van der Waals surface area contributed by atoms with Crippen molar-refractivity contribution in [1.82, 2.24) is 15.6 Å². The highest BCUT2D eigenvalue weighted by Crippen LogP contribution is 2.02. The van der Waals surface area contributed by atoms with Gasteiger partial charge >= 0.3 is 0 Å². The van der Waals surface area contributed by atoms with Crippen LogP contribution in [0.2, 0.25) is 0 Å². The molecular weight excluding hydrogens is 254 g/mol. The Balaban J connectivity index is 2.10. The van der Waals surface area contributed by atoms with Crippen LogP contribution in [0.4, 0.5) is 0 Å². The molecule has 0 aliphatic rings. The lowest BCUT2D eigenvalue weighted by molar-refractivity contribution is -0.122. The molecule has 0 bridgehead atoms. The third kappa shape index (κ3) is 7.51. The maximum absolute atomic E-state index is 11.6. The zero-order valence-corrected chi connectivity index (χ0v) is 12.2. The molecule has 0 saturated carbocycles. The third-order valence-electron chi connectivity index (χ3n) is 2.86. The van der Waals surface area contributed by atoms with E-state index in [-0.39, 0.29) is 11.8 Å². The minimum Gasteiger partial charge on any atom is -0.356 e. The smallest absolute Gasteiger partial charge is 0.222 e. The van der Waals surface area contributed by atoms with Crippen molar-refractivity contribution in [3.05, 3.63) is 30.1 Å². The van der Waals surface area contributed by atoms with Crippen LogP contribution in [0.1, 0.15) is 38.7 Å². The molecule has 0 aromatic carbocycles. The van der Waals surface area contributed by atoms with Crippen molar-refractivity contribution in [2.24, 2.45) is 5.92 Å². The zero-order valence-electron chi connectivity index (χ0n) is 12.2. The number of rotatable bonds is 8. The van der Waals surface area contributed by atoms with Crippen molar-refractivity contribution in [3.63, 3.8) is 0 Å². The zero-order chi connectivity index (χ0) is 14.8. The Morgan fingerprint density at radius 2 is 1.75 bits per heavy atom. The van der Waals surface area contributed by atoms with Gasteiger partial charge in [0.1, 0.15) is 0 Å². The molecule has 0 saturated heterocycles. The summed E-state index contributed by atoms with van der Waals surface area (Å²) in [5.74, 6) is 0.469. The Morgan fingerprint density at radius 1 is 1.10 bits per heavy atom. The Kier molecular flexibility index (Phi) is 7.32. The van der Waals surface area contributed by atoms with Crippen LogP contribution in [0.5, 0.6) is 0 Å². The Bertz CT molecular complexity index is 418. The molecule has 2 amide bonds. The van der Waals surface area contributed by atoms with Gasteiger partial charge in [-0.15, -0.1) is 0 Å². The third-order valence-corrected chi connectivity index (χ3v) is 2.86. The summed E-state index contributed by atoms with van der Waals surface area (Å²) in [5.41, 5.74) is 1.01. The number of amides is 2. The van der Waals surface area contributed by atoms with E-state index in [4.69, 9.17) is 0 Å². The van der Waals surface area contributed by atoms with Crippen LogP contribution < -0.4 is 10.6 Å². The van der Waals surface area contributed by atoms with Gasteiger partial charge in [0.25, 0.3) is 0 Å². The summed E-state index contributed by atoms with van der Waals surface area (Å²) >= 11 is 0. The molecule has 110 valence electrons. The number of nitrogens with zero attached hydrogens (tertiary/aromatic N) is 1. The first-order valence-corrected chi connectivity index (χ1v) is 7.00. The number of pyridine rings is 1. The summed E-state index contributed by atoms with van der Waals surface area (Å²) in [6, 6.07) is 3.71. The number of hydrogen-bond donors (Lipinski definition) is 2. The monoisotopic (exact) mass is 277 g/mol. The molecule has 0 unspecified atom stereocenters. The van der Waals surface area contributed by atoms with E-state index < -0.39 is 0 Å². The molecule has 20 heavy (non-hydrogen) atoms. The lowest BCUT2D eigenvalue weighted by Gasteiger charge is -2.07. The summed E-state index contributed by atoms with van der Waals surface area (Å²) in [4.78, 5) is 27.0. The van der Waals surface area contributed by atoms with Gasteiger partial charge in [0.2, 0.25) is 11.8 Å². The molecule has 5 heteroatoms. The first kappa shape index (κ1) is 16.1. The lowest BCUT2D eigenvalue weighted by atomic mass is 10.1. The van der Waals surface area contributed by atoms with Crippen LogP contribution in [0, 0.1) is 5.92 Å². The number of carbonyl (C=O) groups is 2. The van der Waals surface area contributed by atoms with E-state index in [9.17, 15) is 9.59 Å². The fourth-order valence-electron chi connectivity index (χ4n) is 1.61. The van der Waals surface area contributed by atoms with Crippen LogP contribution in [0.15, 0.2) is 24.5 Å². The van der Waals surface area contributed by atoms with Crippen molar-refractivity contribution in [1.29, 1.82) is 0 Å². The van der Waals surface area contributed by atoms with Crippen molar-refractivity contribution >= 4 is 11.8 Å². The van der Waals surface area contributed by atoms with E-state index in [0.29, 0.717) is 31.8 Å². The fourth-order valence-corrected chi connectivity index (χ4v) is 1.61. The molecule has 0 atom stereocenters. The van der Waals surface area contributed by atoms with Gasteiger partial charge in [-0.05, 0) is 30.0 Å². The van der Waals surface area contributed by atoms with Gasteiger partial charge in [-0.25, -0.2) is 0 Å². The molecule has 1 rings (SSSR count). The Hall–Kier alpha value is -1.91. The highest BCUT2D eigenvalue weighted by molar-refractivity contribution is 5.78. The van der Waals surface area contributed by atoms with E-state index >= 15 is 0 Å². The number of hydrogen-bond acceptors (Lipinski definition) is 3. The molecular formula is C15H23N3O2. The van der Waals surface area contributed by atoms with E-state index in [1.54, 1.807) is 12.4 Å². The fraction of sp³-hybridized carbons (Fsp3) is 0.533. The largest absolute Gasteiger partial charge is 0.356 e. The van der Waals surface area contributed by atoms with Crippen LogP contribution in [-0.2, 0) is 16.1 Å². The van der Waals surface area contributed by atoms with E-state index in [1.165, 1.54) is 0 Å². The highest BCUT2D eigenvalue weighted by Gasteiger charge is 2.05. The summed E-state index contributed by atoms with van der Waals surface area (Å²) in [7, 11) is 0. The molecule has 0 radical (unpaired) electrons. The first-order chi connectivity index (χ1) is 9.58. The minimum atomic E-state index is -0.0639. The molecule has 5 nitrogen and oxygen atoms in total. The molecule has 0 aliphatic carbocycles. The average Bonchev–Trinajstić information content (AvgIpc) is 2.44. The molecule has 0 spiro atoms. The maximum Gasteiger partial charge on any atom is 0.222 e. The van der Waals surface area contributed by atoms with Gasteiger partial charge in [0, 0.05) is 38.3 Å². The van der Waals surface area contributed by atoms with Crippen LogP contribution in [-0.4, -0.2) is 23.3 Å². The summed E-state index contributed by atoms with van der Waals surface area (Å²) in [6.45, 7) is 5.04. The van der Waals surface area contributed by atoms with Crippen LogP contribution in [0.25, 0.3) is 0 Å². The topological polar surface area (TPSA) is 71.1 Å². The van der Waals surface area contributed by atoms with Crippen molar-refractivity contribution < 1.29 is 9.59 Å². The first-order valence-electron chi connectivity index (χ1n) is 7.00. The molecule has 0 fully saturated rings. The van der Waals surface area contributed by atoms with E-state index in [0.717, 1.165) is 12.0 Å². The minimum absolute atomic E-state index is 0.0145. The van der Waals surface area contributed by atoms with Gasteiger partial charge in [-0.1, -0.05) is 13.8 Å². The molecule has 2 N–H and O–H groups in total. The van der Waals surface area contributed by atoms with E-state index in [2.05, 4.69) is 29.5 Å². The van der Waals surface area contributed by atoms with Gasteiger partial charge < -0.3 is 10.6 Å². The summed E-state index contributed by atoms with van der Waals surface area (Å²) in [6.07, 6.45) is 5.09. The standard InChI is InChI=1S/C15H23N3O2/c1-12(2)3-4-14(19)17-10-7-15(20)18-11-13-5-8-16-9-6-13/h5-6,8-9,12H,3-4,7,10-11H2,1-2H3,(H,17,19)(H,18,20). The second-order valence-electron chi connectivity index (χ2n) is 5.16. The Labute approximate surface area is 120 Å². The average molecular weight is 277 g/mol. The summed E-state index contributed by atoms with van der Waals surface area (Å²) in [5, 5.41) is 5.56. The SMILES string of the molecule is CC(C)CCC(=O)NCCC(=O)NCc1ccncc1. The number of nitrogens with one attached hydrogen (secondary N) is 2. The predicted molar refractivity (Wildman–Crippen MR) is 77.8 cm³/mol. The molecule has 1 aromatic rings. The van der Waals surface area contributed by atoms with E-state index in [1.807, 2.05) is 12.1 Å². The normalized spacial score (nSPS) is 10.3. The predicted octanol–water partition coefficient (Wildman–Crippen LogP) is 1.64. The maximum atomic E-state index is 11.6. The Morgan fingerprint density at radius 3 is 2.40 bits per heavy atom. The van der Waals surface area contributed by atoms with Crippen LogP contribution >= 0.6 is 0 Å². The second-order valence-corrected chi connectivity index (χ2v) is 5.16. The quantitative estimate of drug-likeness (QED) is 0.759. The second kappa shape index (κ2) is 9.07. The lowest BCUT2D eigenvalue weighted by Crippen LogP contribution is -2.30. The van der Waals surface area contributed by atoms with Gasteiger partial charge in [-0.2, -0.15) is 0 Å².